The molecular formula is C17H25NO2. The van der Waals surface area contributed by atoms with Crippen molar-refractivity contribution in [2.45, 2.75) is 45.6 Å². The van der Waals surface area contributed by atoms with Gasteiger partial charge in [-0.1, -0.05) is 45.0 Å². The first kappa shape index (κ1) is 15.0. The molecule has 0 spiro atoms. The number of carboxylic acid groups (broad SMARTS) is 1. The Balaban J connectivity index is 1.98. The van der Waals surface area contributed by atoms with E-state index < -0.39 is 5.97 Å². The Morgan fingerprint density at radius 2 is 1.95 bits per heavy atom. The summed E-state index contributed by atoms with van der Waals surface area (Å²) in [5, 5.41) is 9.12. The third kappa shape index (κ3) is 3.83. The van der Waals surface area contributed by atoms with Gasteiger partial charge in [0.1, 0.15) is 0 Å². The van der Waals surface area contributed by atoms with Crippen LogP contribution in [-0.2, 0) is 16.8 Å². The van der Waals surface area contributed by atoms with Gasteiger partial charge >= 0.3 is 5.97 Å². The van der Waals surface area contributed by atoms with Crippen molar-refractivity contribution in [3.05, 3.63) is 35.4 Å². The van der Waals surface area contributed by atoms with Crippen LogP contribution in [-0.4, -0.2) is 29.1 Å². The van der Waals surface area contributed by atoms with Crippen LogP contribution in [0, 0.1) is 5.92 Å². The van der Waals surface area contributed by atoms with E-state index in [0.717, 1.165) is 25.9 Å². The highest BCUT2D eigenvalue weighted by Gasteiger charge is 2.25. The molecule has 1 fully saturated rings. The summed E-state index contributed by atoms with van der Waals surface area (Å²) in [6, 6.07) is 8.72. The lowest BCUT2D eigenvalue weighted by molar-refractivity contribution is -0.143. The molecule has 1 N–H and O–H groups in total. The maximum atomic E-state index is 11.1. The standard InChI is InChI=1S/C17H25NO2/c1-17(2,3)15-8-6-13(7-9-15)11-18-10-4-5-14(12-18)16(19)20/h6-9,14H,4-5,10-12H2,1-3H3,(H,19,20)/t14-/m0/s1. The van der Waals surface area contributed by atoms with E-state index in [-0.39, 0.29) is 11.3 Å². The minimum atomic E-state index is -0.655. The number of hydrogen-bond acceptors (Lipinski definition) is 2. The smallest absolute Gasteiger partial charge is 0.307 e. The summed E-state index contributed by atoms with van der Waals surface area (Å²) < 4.78 is 0. The molecule has 1 aliphatic rings. The second-order valence-electron chi connectivity index (χ2n) is 6.86. The quantitative estimate of drug-likeness (QED) is 0.920. The van der Waals surface area contributed by atoms with Gasteiger partial charge in [0.05, 0.1) is 5.92 Å². The van der Waals surface area contributed by atoms with Gasteiger partial charge in [-0.2, -0.15) is 0 Å². The number of carbonyl (C=O) groups is 1. The average Bonchev–Trinajstić information content (AvgIpc) is 2.38. The van der Waals surface area contributed by atoms with E-state index in [4.69, 9.17) is 5.11 Å². The fourth-order valence-corrected chi connectivity index (χ4v) is 2.77. The Bertz CT molecular complexity index is 459. The van der Waals surface area contributed by atoms with Crippen molar-refractivity contribution in [3.63, 3.8) is 0 Å². The van der Waals surface area contributed by atoms with Crippen molar-refractivity contribution < 1.29 is 9.90 Å². The molecule has 3 heteroatoms. The van der Waals surface area contributed by atoms with E-state index in [1.165, 1.54) is 11.1 Å². The van der Waals surface area contributed by atoms with E-state index in [0.29, 0.717) is 6.54 Å². The minimum Gasteiger partial charge on any atom is -0.481 e. The zero-order chi connectivity index (χ0) is 14.8. The molecular weight excluding hydrogens is 250 g/mol. The molecule has 3 nitrogen and oxygen atoms in total. The maximum absolute atomic E-state index is 11.1. The Morgan fingerprint density at radius 1 is 1.30 bits per heavy atom. The van der Waals surface area contributed by atoms with E-state index >= 15 is 0 Å². The lowest BCUT2D eigenvalue weighted by Crippen LogP contribution is -2.38. The van der Waals surface area contributed by atoms with Crippen LogP contribution in [0.1, 0.15) is 44.7 Å². The van der Waals surface area contributed by atoms with Gasteiger partial charge in [0.2, 0.25) is 0 Å². The van der Waals surface area contributed by atoms with Crippen molar-refractivity contribution >= 4 is 5.97 Å². The molecule has 1 aromatic rings. The summed E-state index contributed by atoms with van der Waals surface area (Å²) in [7, 11) is 0. The van der Waals surface area contributed by atoms with Crippen molar-refractivity contribution in [3.8, 4) is 0 Å². The van der Waals surface area contributed by atoms with Gasteiger partial charge in [0, 0.05) is 13.1 Å². The van der Waals surface area contributed by atoms with Gasteiger partial charge in [-0.25, -0.2) is 0 Å². The molecule has 2 rings (SSSR count). The largest absolute Gasteiger partial charge is 0.481 e. The zero-order valence-electron chi connectivity index (χ0n) is 12.7. The van der Waals surface area contributed by atoms with Crippen LogP contribution in [0.5, 0.6) is 0 Å². The Labute approximate surface area is 121 Å². The third-order valence-corrected chi connectivity index (χ3v) is 4.08. The van der Waals surface area contributed by atoms with E-state index in [1.807, 2.05) is 0 Å². The van der Waals surface area contributed by atoms with Crippen LogP contribution in [0.15, 0.2) is 24.3 Å². The van der Waals surface area contributed by atoms with E-state index in [1.54, 1.807) is 0 Å². The van der Waals surface area contributed by atoms with E-state index in [9.17, 15) is 4.79 Å². The molecule has 0 unspecified atom stereocenters. The lowest BCUT2D eigenvalue weighted by atomic mass is 9.86. The molecule has 0 radical (unpaired) electrons. The van der Waals surface area contributed by atoms with Crippen LogP contribution in [0.3, 0.4) is 0 Å². The number of carboxylic acids is 1. The summed E-state index contributed by atoms with van der Waals surface area (Å²) in [6.07, 6.45) is 1.80. The highest BCUT2D eigenvalue weighted by Crippen LogP contribution is 2.23. The number of rotatable bonds is 3. The lowest BCUT2D eigenvalue weighted by Gasteiger charge is -2.30. The monoisotopic (exact) mass is 275 g/mol. The molecule has 1 atom stereocenters. The van der Waals surface area contributed by atoms with E-state index in [2.05, 4.69) is 49.9 Å². The number of nitrogens with zero attached hydrogens (tertiary/aromatic N) is 1. The number of aliphatic carboxylic acids is 1. The van der Waals surface area contributed by atoms with Gasteiger partial charge in [0.15, 0.2) is 0 Å². The predicted octanol–water partition coefficient (Wildman–Crippen LogP) is 3.28. The van der Waals surface area contributed by atoms with Gasteiger partial charge in [0.25, 0.3) is 0 Å². The summed E-state index contributed by atoms with van der Waals surface area (Å²) >= 11 is 0. The third-order valence-electron chi connectivity index (χ3n) is 4.08. The fraction of sp³-hybridized carbons (Fsp3) is 0.588. The molecule has 1 saturated heterocycles. The SMILES string of the molecule is CC(C)(C)c1ccc(CN2CCC[C@H](C(=O)O)C2)cc1. The van der Waals surface area contributed by atoms with Crippen LogP contribution in [0.2, 0.25) is 0 Å². The van der Waals surface area contributed by atoms with Gasteiger partial charge in [-0.3, -0.25) is 9.69 Å². The highest BCUT2D eigenvalue weighted by atomic mass is 16.4. The molecule has 1 heterocycles. The number of likely N-dealkylation sites (tertiary alicyclic amines) is 1. The highest BCUT2D eigenvalue weighted by molar-refractivity contribution is 5.70. The first-order valence-electron chi connectivity index (χ1n) is 7.41. The van der Waals surface area contributed by atoms with Gasteiger partial charge in [-0.15, -0.1) is 0 Å². The minimum absolute atomic E-state index is 0.179. The van der Waals surface area contributed by atoms with Crippen molar-refractivity contribution in [2.24, 2.45) is 5.92 Å². The van der Waals surface area contributed by atoms with Crippen molar-refractivity contribution in [2.75, 3.05) is 13.1 Å². The molecule has 0 bridgehead atoms. The molecule has 1 aromatic carbocycles. The molecule has 0 aromatic heterocycles. The predicted molar refractivity (Wildman–Crippen MR) is 80.8 cm³/mol. The van der Waals surface area contributed by atoms with Crippen LogP contribution < -0.4 is 0 Å². The molecule has 110 valence electrons. The van der Waals surface area contributed by atoms with Crippen LogP contribution in [0.4, 0.5) is 0 Å². The Morgan fingerprint density at radius 3 is 2.50 bits per heavy atom. The van der Waals surface area contributed by atoms with Gasteiger partial charge in [-0.05, 0) is 35.9 Å². The molecule has 1 aliphatic heterocycles. The summed E-state index contributed by atoms with van der Waals surface area (Å²) in [5.74, 6) is -0.852. The average molecular weight is 275 g/mol. The Kier molecular flexibility index (Phi) is 4.48. The fourth-order valence-electron chi connectivity index (χ4n) is 2.77. The second kappa shape index (κ2) is 5.96. The van der Waals surface area contributed by atoms with Gasteiger partial charge < -0.3 is 5.11 Å². The zero-order valence-corrected chi connectivity index (χ0v) is 12.7. The van der Waals surface area contributed by atoms with Crippen LogP contribution >= 0.6 is 0 Å². The first-order valence-corrected chi connectivity index (χ1v) is 7.41. The topological polar surface area (TPSA) is 40.5 Å². The molecule has 0 saturated carbocycles. The second-order valence-corrected chi connectivity index (χ2v) is 6.86. The molecule has 0 amide bonds. The summed E-state index contributed by atoms with van der Waals surface area (Å²) in [4.78, 5) is 13.3. The summed E-state index contributed by atoms with van der Waals surface area (Å²) in [5.41, 5.74) is 2.78. The molecule has 0 aliphatic carbocycles. The summed E-state index contributed by atoms with van der Waals surface area (Å²) in [6.45, 7) is 9.17. The molecule has 20 heavy (non-hydrogen) atoms. The number of piperidine rings is 1. The maximum Gasteiger partial charge on any atom is 0.307 e. The van der Waals surface area contributed by atoms with Crippen molar-refractivity contribution in [1.29, 1.82) is 0 Å². The van der Waals surface area contributed by atoms with Crippen LogP contribution in [0.25, 0.3) is 0 Å². The first-order chi connectivity index (χ1) is 9.36. The Hall–Kier alpha value is -1.35. The number of hydrogen-bond donors (Lipinski definition) is 1. The normalized spacial score (nSPS) is 20.9. The number of benzene rings is 1. The van der Waals surface area contributed by atoms with Crippen molar-refractivity contribution in [1.82, 2.24) is 4.90 Å².